The molecule has 5 heteroatoms. The fourth-order valence-corrected chi connectivity index (χ4v) is 2.42. The molecule has 0 amide bonds. The Morgan fingerprint density at radius 2 is 2.10 bits per heavy atom. The third-order valence-electron chi connectivity index (χ3n) is 3.34. The van der Waals surface area contributed by atoms with Crippen molar-refractivity contribution in [3.8, 4) is 5.75 Å². The first-order valence-corrected chi connectivity index (χ1v) is 8.44. The molecule has 1 aromatic carbocycles. The third-order valence-corrected chi connectivity index (χ3v) is 3.83. The van der Waals surface area contributed by atoms with Gasteiger partial charge < -0.3 is 20.1 Å². The molecule has 4 nitrogen and oxygen atoms in total. The molecule has 0 fully saturated rings. The van der Waals surface area contributed by atoms with Crippen molar-refractivity contribution in [1.29, 1.82) is 0 Å². The van der Waals surface area contributed by atoms with Gasteiger partial charge in [0.2, 0.25) is 0 Å². The number of hydrogen-bond donors (Lipinski definition) is 2. The lowest BCUT2D eigenvalue weighted by molar-refractivity contribution is 0.106. The van der Waals surface area contributed by atoms with Crippen LogP contribution in [-0.2, 0) is 0 Å². The molecule has 0 bridgehead atoms. The standard InChI is InChI=1S/C16H27BrN2O2/c1-3-19(4-2)10-6-9-18-12-15(20)13-21-16-8-5-7-14(17)11-16/h5,7-8,11,15,18,20H,3-4,6,9-10,12-13H2,1-2H3. The van der Waals surface area contributed by atoms with E-state index in [0.717, 1.165) is 42.8 Å². The molecule has 0 saturated carbocycles. The van der Waals surface area contributed by atoms with E-state index in [1.165, 1.54) is 0 Å². The predicted octanol–water partition coefficient (Wildman–Crippen LogP) is 2.51. The van der Waals surface area contributed by atoms with Crippen LogP contribution in [0.2, 0.25) is 0 Å². The lowest BCUT2D eigenvalue weighted by Gasteiger charge is -2.18. The van der Waals surface area contributed by atoms with Crippen molar-refractivity contribution in [2.45, 2.75) is 26.4 Å². The predicted molar refractivity (Wildman–Crippen MR) is 90.9 cm³/mol. The molecule has 0 radical (unpaired) electrons. The zero-order valence-electron chi connectivity index (χ0n) is 13.0. The molecule has 0 saturated heterocycles. The maximum absolute atomic E-state index is 9.87. The van der Waals surface area contributed by atoms with Gasteiger partial charge in [-0.3, -0.25) is 0 Å². The van der Waals surface area contributed by atoms with Crippen LogP contribution in [0.3, 0.4) is 0 Å². The van der Waals surface area contributed by atoms with Crippen LogP contribution in [0.25, 0.3) is 0 Å². The zero-order valence-corrected chi connectivity index (χ0v) is 14.6. The van der Waals surface area contributed by atoms with Crippen LogP contribution in [0, 0.1) is 0 Å². The Labute approximate surface area is 136 Å². The molecule has 0 aliphatic rings. The first-order valence-electron chi connectivity index (χ1n) is 7.65. The van der Waals surface area contributed by atoms with Gasteiger partial charge in [0.15, 0.2) is 0 Å². The second-order valence-corrected chi connectivity index (χ2v) is 5.92. The summed E-state index contributed by atoms with van der Waals surface area (Å²) in [6.07, 6.45) is 0.610. The van der Waals surface area contributed by atoms with Gasteiger partial charge >= 0.3 is 0 Å². The van der Waals surface area contributed by atoms with Crippen molar-refractivity contribution in [2.24, 2.45) is 0 Å². The van der Waals surface area contributed by atoms with Gasteiger partial charge in [0, 0.05) is 11.0 Å². The Morgan fingerprint density at radius 1 is 1.33 bits per heavy atom. The number of benzene rings is 1. The van der Waals surface area contributed by atoms with Gasteiger partial charge in [-0.15, -0.1) is 0 Å². The lowest BCUT2D eigenvalue weighted by Crippen LogP contribution is -2.33. The second kappa shape index (κ2) is 11.0. The average Bonchev–Trinajstić information content (AvgIpc) is 2.49. The highest BCUT2D eigenvalue weighted by molar-refractivity contribution is 9.10. The van der Waals surface area contributed by atoms with E-state index in [1.54, 1.807) is 0 Å². The monoisotopic (exact) mass is 358 g/mol. The van der Waals surface area contributed by atoms with Crippen LogP contribution < -0.4 is 10.1 Å². The van der Waals surface area contributed by atoms with E-state index < -0.39 is 6.10 Å². The molecule has 0 aliphatic carbocycles. The van der Waals surface area contributed by atoms with Crippen molar-refractivity contribution in [3.63, 3.8) is 0 Å². The van der Waals surface area contributed by atoms with Crippen LogP contribution in [-0.4, -0.2) is 55.4 Å². The number of hydrogen-bond acceptors (Lipinski definition) is 4. The summed E-state index contributed by atoms with van der Waals surface area (Å²) in [5, 5.41) is 13.1. The highest BCUT2D eigenvalue weighted by Gasteiger charge is 2.05. The second-order valence-electron chi connectivity index (χ2n) is 5.01. The largest absolute Gasteiger partial charge is 0.491 e. The zero-order chi connectivity index (χ0) is 15.5. The number of nitrogens with one attached hydrogen (secondary N) is 1. The number of rotatable bonds is 11. The van der Waals surface area contributed by atoms with Gasteiger partial charge in [0.1, 0.15) is 18.5 Å². The van der Waals surface area contributed by atoms with E-state index in [2.05, 4.69) is 40.0 Å². The van der Waals surface area contributed by atoms with Crippen LogP contribution in [0.15, 0.2) is 28.7 Å². The van der Waals surface area contributed by atoms with E-state index in [0.29, 0.717) is 13.2 Å². The summed E-state index contributed by atoms with van der Waals surface area (Å²) in [4.78, 5) is 2.40. The van der Waals surface area contributed by atoms with Crippen molar-refractivity contribution in [3.05, 3.63) is 28.7 Å². The van der Waals surface area contributed by atoms with Crippen molar-refractivity contribution < 1.29 is 9.84 Å². The first-order chi connectivity index (χ1) is 10.2. The fourth-order valence-electron chi connectivity index (χ4n) is 2.04. The third kappa shape index (κ3) is 8.41. The minimum atomic E-state index is -0.488. The maximum atomic E-state index is 9.87. The number of aliphatic hydroxyl groups is 1. The molecule has 21 heavy (non-hydrogen) atoms. The number of ether oxygens (including phenoxy) is 1. The summed E-state index contributed by atoms with van der Waals surface area (Å²) in [5.74, 6) is 0.768. The summed E-state index contributed by atoms with van der Waals surface area (Å²) >= 11 is 3.39. The summed E-state index contributed by atoms with van der Waals surface area (Å²) < 4.78 is 6.53. The Balaban J connectivity index is 2.07. The van der Waals surface area contributed by atoms with Crippen LogP contribution in [0.5, 0.6) is 5.75 Å². The average molecular weight is 359 g/mol. The van der Waals surface area contributed by atoms with Crippen LogP contribution >= 0.6 is 15.9 Å². The molecule has 0 aromatic heterocycles. The summed E-state index contributed by atoms with van der Waals surface area (Å²) in [6, 6.07) is 7.64. The smallest absolute Gasteiger partial charge is 0.120 e. The van der Waals surface area contributed by atoms with E-state index >= 15 is 0 Å². The summed E-state index contributed by atoms with van der Waals surface area (Å²) in [7, 11) is 0. The molecular weight excluding hydrogens is 332 g/mol. The molecule has 1 aromatic rings. The molecule has 1 unspecified atom stereocenters. The van der Waals surface area contributed by atoms with Gasteiger partial charge in [-0.1, -0.05) is 35.8 Å². The van der Waals surface area contributed by atoms with Gasteiger partial charge in [0.25, 0.3) is 0 Å². The van der Waals surface area contributed by atoms with Gasteiger partial charge in [0.05, 0.1) is 0 Å². The van der Waals surface area contributed by atoms with Gasteiger partial charge in [-0.2, -0.15) is 0 Å². The van der Waals surface area contributed by atoms with Crippen molar-refractivity contribution in [2.75, 3.05) is 39.3 Å². The fraction of sp³-hybridized carbons (Fsp3) is 0.625. The molecule has 1 atom stereocenters. The van der Waals surface area contributed by atoms with Crippen LogP contribution in [0.1, 0.15) is 20.3 Å². The Morgan fingerprint density at radius 3 is 2.76 bits per heavy atom. The molecule has 0 aliphatic heterocycles. The Kier molecular flexibility index (Phi) is 9.67. The normalized spacial score (nSPS) is 12.6. The minimum Gasteiger partial charge on any atom is -0.491 e. The minimum absolute atomic E-state index is 0.305. The highest BCUT2D eigenvalue weighted by atomic mass is 79.9. The highest BCUT2D eigenvalue weighted by Crippen LogP contribution is 2.17. The van der Waals surface area contributed by atoms with Crippen molar-refractivity contribution >= 4 is 15.9 Å². The lowest BCUT2D eigenvalue weighted by atomic mass is 10.3. The molecule has 1 rings (SSSR count). The van der Waals surface area contributed by atoms with E-state index in [-0.39, 0.29) is 0 Å². The first kappa shape index (κ1) is 18.4. The molecule has 2 N–H and O–H groups in total. The molecule has 120 valence electrons. The molecule has 0 heterocycles. The quantitative estimate of drug-likeness (QED) is 0.596. The maximum Gasteiger partial charge on any atom is 0.120 e. The van der Waals surface area contributed by atoms with Crippen LogP contribution in [0.4, 0.5) is 0 Å². The Bertz CT molecular complexity index is 386. The molecule has 0 spiro atoms. The van der Waals surface area contributed by atoms with Gasteiger partial charge in [-0.25, -0.2) is 0 Å². The summed E-state index contributed by atoms with van der Waals surface area (Å²) in [6.45, 7) is 9.44. The summed E-state index contributed by atoms with van der Waals surface area (Å²) in [5.41, 5.74) is 0. The Hall–Kier alpha value is -0.620. The van der Waals surface area contributed by atoms with Gasteiger partial charge in [-0.05, 0) is 50.8 Å². The number of nitrogens with zero attached hydrogens (tertiary/aromatic N) is 1. The topological polar surface area (TPSA) is 44.7 Å². The van der Waals surface area contributed by atoms with E-state index in [1.807, 2.05) is 24.3 Å². The van der Waals surface area contributed by atoms with E-state index in [4.69, 9.17) is 4.74 Å². The van der Waals surface area contributed by atoms with Crippen molar-refractivity contribution in [1.82, 2.24) is 10.2 Å². The number of halogens is 1. The number of aliphatic hydroxyl groups excluding tert-OH is 1. The molecular formula is C16H27BrN2O2. The van der Waals surface area contributed by atoms with E-state index in [9.17, 15) is 5.11 Å². The SMILES string of the molecule is CCN(CC)CCCNCC(O)COc1cccc(Br)c1.